The number of nitrogens with two attached hydrogens (primary N) is 1. The van der Waals surface area contributed by atoms with Gasteiger partial charge in [0.2, 0.25) is 0 Å². The van der Waals surface area contributed by atoms with Crippen molar-refractivity contribution in [1.29, 1.82) is 0 Å². The quantitative estimate of drug-likeness (QED) is 0.819. The van der Waals surface area contributed by atoms with Crippen LogP contribution in [0.1, 0.15) is 30.4 Å². The third-order valence-electron chi connectivity index (χ3n) is 3.35. The Morgan fingerprint density at radius 3 is 2.73 bits per heavy atom. The average Bonchev–Trinajstić information content (AvgIpc) is 2.95. The van der Waals surface area contributed by atoms with Crippen molar-refractivity contribution in [3.05, 3.63) is 29.3 Å². The minimum Gasteiger partial charge on any atom is -0.496 e. The highest BCUT2D eigenvalue weighted by atomic mass is 16.5. The number of ether oxygens (including phenoxy) is 1. The number of rotatable bonds is 4. The first kappa shape index (κ1) is 10.5. The van der Waals surface area contributed by atoms with Crippen LogP contribution in [0, 0.1) is 6.92 Å². The molecule has 1 aliphatic rings. The largest absolute Gasteiger partial charge is 0.496 e. The summed E-state index contributed by atoms with van der Waals surface area (Å²) in [5.41, 5.74) is 8.85. The zero-order chi connectivity index (χ0) is 10.9. The molecule has 0 amide bonds. The maximum absolute atomic E-state index is 6.10. The minimum atomic E-state index is 0.132. The molecule has 0 saturated heterocycles. The topological polar surface area (TPSA) is 35.2 Å². The van der Waals surface area contributed by atoms with Gasteiger partial charge in [-0.3, -0.25) is 0 Å². The van der Waals surface area contributed by atoms with Crippen LogP contribution in [0.3, 0.4) is 0 Å². The zero-order valence-corrected chi connectivity index (χ0v) is 9.55. The molecular weight excluding hydrogens is 186 g/mol. The van der Waals surface area contributed by atoms with E-state index in [1.54, 1.807) is 7.11 Å². The third-order valence-corrected chi connectivity index (χ3v) is 3.35. The molecule has 0 bridgehead atoms. The molecule has 0 aliphatic heterocycles. The number of hydrogen-bond acceptors (Lipinski definition) is 2. The minimum absolute atomic E-state index is 0.132. The summed E-state index contributed by atoms with van der Waals surface area (Å²) < 4.78 is 5.37. The van der Waals surface area contributed by atoms with Crippen LogP contribution in [-0.2, 0) is 6.42 Å². The van der Waals surface area contributed by atoms with Gasteiger partial charge in [-0.15, -0.1) is 0 Å². The van der Waals surface area contributed by atoms with Gasteiger partial charge in [0.25, 0.3) is 0 Å². The molecule has 0 aromatic heterocycles. The molecule has 0 spiro atoms. The van der Waals surface area contributed by atoms with Crippen LogP contribution in [0.4, 0.5) is 0 Å². The molecule has 2 heteroatoms. The van der Waals surface area contributed by atoms with Gasteiger partial charge in [-0.05, 0) is 49.8 Å². The van der Waals surface area contributed by atoms with E-state index in [9.17, 15) is 0 Å². The lowest BCUT2D eigenvalue weighted by atomic mass is 9.99. The highest BCUT2D eigenvalue weighted by Crippen LogP contribution is 2.37. The Labute approximate surface area is 91.4 Å². The second-order valence-corrected chi connectivity index (χ2v) is 4.62. The molecule has 1 aliphatic carbocycles. The van der Waals surface area contributed by atoms with Gasteiger partial charge in [0, 0.05) is 5.54 Å². The number of hydrogen-bond donors (Lipinski definition) is 1. The van der Waals surface area contributed by atoms with Crippen molar-refractivity contribution in [3.63, 3.8) is 0 Å². The number of aryl methyl sites for hydroxylation is 1. The first-order valence-electron chi connectivity index (χ1n) is 5.56. The van der Waals surface area contributed by atoms with Gasteiger partial charge in [0.1, 0.15) is 5.75 Å². The Hall–Kier alpha value is -1.02. The summed E-state index contributed by atoms with van der Waals surface area (Å²) in [7, 11) is 1.73. The second-order valence-electron chi connectivity index (χ2n) is 4.62. The summed E-state index contributed by atoms with van der Waals surface area (Å²) in [6, 6.07) is 6.19. The molecule has 0 unspecified atom stereocenters. The predicted octanol–water partition coefficient (Wildman–Crippen LogP) is 2.43. The van der Waals surface area contributed by atoms with Crippen molar-refractivity contribution in [3.8, 4) is 5.75 Å². The molecule has 1 aromatic rings. The molecule has 1 aromatic carbocycles. The Morgan fingerprint density at radius 2 is 2.13 bits per heavy atom. The monoisotopic (exact) mass is 205 g/mol. The molecular formula is C13H19NO. The van der Waals surface area contributed by atoms with Crippen molar-refractivity contribution in [2.75, 3.05) is 7.11 Å². The maximum Gasteiger partial charge on any atom is 0.122 e. The third kappa shape index (κ3) is 2.32. The van der Waals surface area contributed by atoms with Crippen LogP contribution < -0.4 is 10.5 Å². The Kier molecular flexibility index (Phi) is 2.70. The lowest BCUT2D eigenvalue weighted by Gasteiger charge is -2.13. The standard InChI is InChI=1S/C13H19NO/c1-10-4-3-5-12(15-2)11(10)6-7-13(14)8-9-13/h3-5H,6-9,14H2,1-2H3. The molecule has 0 atom stereocenters. The second kappa shape index (κ2) is 3.86. The molecule has 15 heavy (non-hydrogen) atoms. The summed E-state index contributed by atoms with van der Waals surface area (Å²) in [6.07, 6.45) is 4.48. The van der Waals surface area contributed by atoms with Gasteiger partial charge in [0.15, 0.2) is 0 Å². The van der Waals surface area contributed by atoms with E-state index < -0.39 is 0 Å². The van der Waals surface area contributed by atoms with Gasteiger partial charge in [-0.1, -0.05) is 12.1 Å². The fourth-order valence-electron chi connectivity index (χ4n) is 1.97. The highest BCUT2D eigenvalue weighted by molar-refractivity contribution is 5.39. The fraction of sp³-hybridized carbons (Fsp3) is 0.538. The normalized spacial score (nSPS) is 17.5. The lowest BCUT2D eigenvalue weighted by Crippen LogP contribution is -2.22. The summed E-state index contributed by atoms with van der Waals surface area (Å²) >= 11 is 0. The molecule has 0 heterocycles. The summed E-state index contributed by atoms with van der Waals surface area (Å²) in [4.78, 5) is 0. The average molecular weight is 205 g/mol. The summed E-state index contributed by atoms with van der Waals surface area (Å²) in [5, 5.41) is 0. The number of methoxy groups -OCH3 is 1. The van der Waals surface area contributed by atoms with E-state index in [-0.39, 0.29) is 5.54 Å². The maximum atomic E-state index is 6.10. The van der Waals surface area contributed by atoms with Crippen LogP contribution in [0.15, 0.2) is 18.2 Å². The summed E-state index contributed by atoms with van der Waals surface area (Å²) in [6.45, 7) is 2.13. The van der Waals surface area contributed by atoms with Gasteiger partial charge in [-0.2, -0.15) is 0 Å². The molecule has 0 radical (unpaired) electrons. The van der Waals surface area contributed by atoms with Crippen LogP contribution in [-0.4, -0.2) is 12.6 Å². The van der Waals surface area contributed by atoms with Crippen LogP contribution >= 0.6 is 0 Å². The van der Waals surface area contributed by atoms with Crippen LogP contribution in [0.25, 0.3) is 0 Å². The van der Waals surface area contributed by atoms with E-state index in [1.807, 2.05) is 12.1 Å². The van der Waals surface area contributed by atoms with Crippen molar-refractivity contribution in [1.82, 2.24) is 0 Å². The molecule has 2 rings (SSSR count). The first-order valence-corrected chi connectivity index (χ1v) is 5.56. The highest BCUT2D eigenvalue weighted by Gasteiger charge is 2.37. The predicted molar refractivity (Wildman–Crippen MR) is 62.2 cm³/mol. The van der Waals surface area contributed by atoms with Crippen molar-refractivity contribution < 1.29 is 4.74 Å². The van der Waals surface area contributed by atoms with Gasteiger partial charge in [0.05, 0.1) is 7.11 Å². The first-order chi connectivity index (χ1) is 7.14. The molecule has 2 nitrogen and oxygen atoms in total. The van der Waals surface area contributed by atoms with Crippen molar-refractivity contribution in [2.24, 2.45) is 5.73 Å². The van der Waals surface area contributed by atoms with E-state index in [2.05, 4.69) is 13.0 Å². The molecule has 1 saturated carbocycles. The lowest BCUT2D eigenvalue weighted by molar-refractivity contribution is 0.407. The van der Waals surface area contributed by atoms with Gasteiger partial charge >= 0.3 is 0 Å². The van der Waals surface area contributed by atoms with Crippen molar-refractivity contribution >= 4 is 0 Å². The smallest absolute Gasteiger partial charge is 0.122 e. The van der Waals surface area contributed by atoms with Crippen molar-refractivity contribution in [2.45, 2.75) is 38.1 Å². The Morgan fingerprint density at radius 1 is 1.40 bits per heavy atom. The zero-order valence-electron chi connectivity index (χ0n) is 9.55. The van der Waals surface area contributed by atoms with Gasteiger partial charge in [-0.25, -0.2) is 0 Å². The fourth-order valence-corrected chi connectivity index (χ4v) is 1.97. The van der Waals surface area contributed by atoms with E-state index in [1.165, 1.54) is 24.0 Å². The molecule has 2 N–H and O–H groups in total. The number of benzene rings is 1. The van der Waals surface area contributed by atoms with Crippen LogP contribution in [0.5, 0.6) is 5.75 Å². The molecule has 1 fully saturated rings. The molecule has 82 valence electrons. The van der Waals surface area contributed by atoms with Crippen LogP contribution in [0.2, 0.25) is 0 Å². The van der Waals surface area contributed by atoms with E-state index in [0.29, 0.717) is 0 Å². The van der Waals surface area contributed by atoms with E-state index >= 15 is 0 Å². The van der Waals surface area contributed by atoms with E-state index in [0.717, 1.165) is 18.6 Å². The summed E-state index contributed by atoms with van der Waals surface area (Å²) in [5.74, 6) is 0.999. The Bertz CT molecular complexity index is 356. The SMILES string of the molecule is COc1cccc(C)c1CCC1(N)CC1. The van der Waals surface area contributed by atoms with Gasteiger partial charge < -0.3 is 10.5 Å². The Balaban J connectivity index is 2.11. The van der Waals surface area contributed by atoms with E-state index in [4.69, 9.17) is 10.5 Å².